The van der Waals surface area contributed by atoms with Crippen molar-refractivity contribution < 1.29 is 9.59 Å². The Hall–Kier alpha value is -2.10. The van der Waals surface area contributed by atoms with Gasteiger partial charge in [-0.3, -0.25) is 14.5 Å². The summed E-state index contributed by atoms with van der Waals surface area (Å²) < 4.78 is 0. The molecule has 0 saturated carbocycles. The molecule has 2 amide bonds. The Labute approximate surface area is 118 Å². The Balaban J connectivity index is 1.71. The summed E-state index contributed by atoms with van der Waals surface area (Å²) >= 11 is 0. The third-order valence-electron chi connectivity index (χ3n) is 4.17. The maximum Gasteiger partial charge on any atom is 0.234 e. The van der Waals surface area contributed by atoms with Gasteiger partial charge in [0.2, 0.25) is 11.8 Å². The summed E-state index contributed by atoms with van der Waals surface area (Å²) in [6.45, 7) is 2.26. The van der Waals surface area contributed by atoms with E-state index >= 15 is 0 Å². The number of imide groups is 1. The van der Waals surface area contributed by atoms with E-state index in [1.54, 1.807) is 0 Å². The molecule has 2 atom stereocenters. The molecule has 4 nitrogen and oxygen atoms in total. The predicted octanol–water partition coefficient (Wildman–Crippen LogP) is 2.32. The predicted molar refractivity (Wildman–Crippen MR) is 76.9 cm³/mol. The Morgan fingerprint density at radius 3 is 2.30 bits per heavy atom. The standard InChI is InChI=1S/C16H18N2O2/c1-11-6-2-5-9-14(11)17-10-18-15(19)12-7-3-4-8-13(12)16(18)20/h2-6,9,12-13,17H,7-8,10H2,1H3. The van der Waals surface area contributed by atoms with Gasteiger partial charge in [0.05, 0.1) is 18.5 Å². The number of nitrogens with zero attached hydrogens (tertiary/aromatic N) is 1. The van der Waals surface area contributed by atoms with Gasteiger partial charge in [0.25, 0.3) is 0 Å². The van der Waals surface area contributed by atoms with Crippen molar-refractivity contribution in [1.82, 2.24) is 4.90 Å². The number of allylic oxidation sites excluding steroid dienone is 2. The van der Waals surface area contributed by atoms with E-state index in [0.717, 1.165) is 11.3 Å². The van der Waals surface area contributed by atoms with Gasteiger partial charge in [-0.1, -0.05) is 30.4 Å². The molecule has 2 aliphatic rings. The first-order chi connectivity index (χ1) is 9.68. The molecule has 104 valence electrons. The number of hydrogen-bond donors (Lipinski definition) is 1. The highest BCUT2D eigenvalue weighted by atomic mass is 16.2. The number of aryl methyl sites for hydroxylation is 1. The highest BCUT2D eigenvalue weighted by Crippen LogP contribution is 2.34. The number of benzene rings is 1. The first kappa shape index (κ1) is 12.9. The van der Waals surface area contributed by atoms with Crippen LogP contribution >= 0.6 is 0 Å². The van der Waals surface area contributed by atoms with Gasteiger partial charge < -0.3 is 5.32 Å². The van der Waals surface area contributed by atoms with Crippen LogP contribution in [0.4, 0.5) is 5.69 Å². The molecule has 0 spiro atoms. The van der Waals surface area contributed by atoms with Crippen LogP contribution in [0, 0.1) is 18.8 Å². The minimum Gasteiger partial charge on any atom is -0.367 e. The first-order valence-electron chi connectivity index (χ1n) is 6.98. The highest BCUT2D eigenvalue weighted by molar-refractivity contribution is 6.05. The average Bonchev–Trinajstić information content (AvgIpc) is 2.71. The quantitative estimate of drug-likeness (QED) is 0.677. The Morgan fingerprint density at radius 1 is 1.10 bits per heavy atom. The van der Waals surface area contributed by atoms with Crippen molar-refractivity contribution in [2.75, 3.05) is 12.0 Å². The molecule has 0 radical (unpaired) electrons. The molecule has 1 aromatic rings. The summed E-state index contributed by atoms with van der Waals surface area (Å²) in [6, 6.07) is 7.86. The fraction of sp³-hybridized carbons (Fsp3) is 0.375. The number of fused-ring (bicyclic) bond motifs is 1. The third kappa shape index (κ3) is 2.11. The molecule has 2 unspecified atom stereocenters. The molecule has 4 heteroatoms. The Bertz CT molecular complexity index is 554. The molecule has 1 aliphatic carbocycles. The molecule has 0 aromatic heterocycles. The van der Waals surface area contributed by atoms with E-state index in [0.29, 0.717) is 12.8 Å². The Kier molecular flexibility index (Phi) is 3.30. The van der Waals surface area contributed by atoms with Gasteiger partial charge in [0.1, 0.15) is 0 Å². The number of carbonyl (C=O) groups excluding carboxylic acids is 2. The van der Waals surface area contributed by atoms with Crippen LogP contribution in [0.25, 0.3) is 0 Å². The van der Waals surface area contributed by atoms with Gasteiger partial charge in [-0.25, -0.2) is 0 Å². The molecule has 1 aliphatic heterocycles. The lowest BCUT2D eigenvalue weighted by Gasteiger charge is -2.17. The Morgan fingerprint density at radius 2 is 1.70 bits per heavy atom. The van der Waals surface area contributed by atoms with Crippen molar-refractivity contribution in [2.24, 2.45) is 11.8 Å². The van der Waals surface area contributed by atoms with Crippen LogP contribution in [0.15, 0.2) is 36.4 Å². The van der Waals surface area contributed by atoms with Crippen molar-refractivity contribution >= 4 is 17.5 Å². The lowest BCUT2D eigenvalue weighted by atomic mass is 9.85. The number of anilines is 1. The number of carbonyl (C=O) groups is 2. The monoisotopic (exact) mass is 270 g/mol. The van der Waals surface area contributed by atoms with E-state index in [1.807, 2.05) is 43.3 Å². The number of hydrogen-bond acceptors (Lipinski definition) is 3. The average molecular weight is 270 g/mol. The van der Waals surface area contributed by atoms with Crippen molar-refractivity contribution in [3.8, 4) is 0 Å². The molecule has 1 aromatic carbocycles. The maximum atomic E-state index is 12.3. The van der Waals surface area contributed by atoms with Gasteiger partial charge in [-0.2, -0.15) is 0 Å². The summed E-state index contributed by atoms with van der Waals surface area (Å²) in [5.41, 5.74) is 2.06. The van der Waals surface area contributed by atoms with Crippen LogP contribution < -0.4 is 5.32 Å². The molecule has 1 fully saturated rings. The minimum atomic E-state index is -0.147. The van der Waals surface area contributed by atoms with E-state index in [-0.39, 0.29) is 30.3 Å². The number of para-hydroxylation sites is 1. The summed E-state index contributed by atoms with van der Waals surface area (Å²) in [5.74, 6) is -0.367. The van der Waals surface area contributed by atoms with Crippen molar-refractivity contribution in [3.05, 3.63) is 42.0 Å². The summed E-state index contributed by atoms with van der Waals surface area (Å²) in [5, 5.41) is 3.19. The van der Waals surface area contributed by atoms with E-state index < -0.39 is 0 Å². The zero-order valence-corrected chi connectivity index (χ0v) is 11.5. The second kappa shape index (κ2) is 5.12. The normalized spacial score (nSPS) is 24.9. The van der Waals surface area contributed by atoms with E-state index in [4.69, 9.17) is 0 Å². The number of likely N-dealkylation sites (tertiary alicyclic amines) is 1. The van der Waals surface area contributed by atoms with Crippen LogP contribution in [0.5, 0.6) is 0 Å². The van der Waals surface area contributed by atoms with Crippen LogP contribution in [-0.2, 0) is 9.59 Å². The molecule has 1 saturated heterocycles. The van der Waals surface area contributed by atoms with Gasteiger partial charge >= 0.3 is 0 Å². The molecule has 0 bridgehead atoms. The number of nitrogens with one attached hydrogen (secondary N) is 1. The fourth-order valence-electron chi connectivity index (χ4n) is 2.96. The molecular formula is C16H18N2O2. The van der Waals surface area contributed by atoms with E-state index in [1.165, 1.54) is 4.90 Å². The number of rotatable bonds is 3. The third-order valence-corrected chi connectivity index (χ3v) is 4.17. The van der Waals surface area contributed by atoms with Crippen molar-refractivity contribution in [2.45, 2.75) is 19.8 Å². The fourth-order valence-corrected chi connectivity index (χ4v) is 2.96. The minimum absolute atomic E-state index is 0.0366. The lowest BCUT2D eigenvalue weighted by Crippen LogP contribution is -2.35. The van der Waals surface area contributed by atoms with Gasteiger partial charge in [0.15, 0.2) is 0 Å². The highest BCUT2D eigenvalue weighted by Gasteiger charge is 2.46. The maximum absolute atomic E-state index is 12.3. The topological polar surface area (TPSA) is 49.4 Å². The van der Waals surface area contributed by atoms with Crippen LogP contribution in [0.2, 0.25) is 0 Å². The van der Waals surface area contributed by atoms with Gasteiger partial charge in [-0.15, -0.1) is 0 Å². The van der Waals surface area contributed by atoms with Crippen molar-refractivity contribution in [1.29, 1.82) is 0 Å². The molecule has 3 rings (SSSR count). The largest absolute Gasteiger partial charge is 0.367 e. The van der Waals surface area contributed by atoms with E-state index in [9.17, 15) is 9.59 Å². The second-order valence-electron chi connectivity index (χ2n) is 5.41. The smallest absolute Gasteiger partial charge is 0.234 e. The zero-order valence-electron chi connectivity index (χ0n) is 11.5. The van der Waals surface area contributed by atoms with Gasteiger partial charge in [0, 0.05) is 5.69 Å². The molecule has 1 heterocycles. The summed E-state index contributed by atoms with van der Waals surface area (Å²) in [4.78, 5) is 25.9. The van der Waals surface area contributed by atoms with Crippen LogP contribution in [0.1, 0.15) is 18.4 Å². The zero-order chi connectivity index (χ0) is 14.1. The second-order valence-corrected chi connectivity index (χ2v) is 5.41. The van der Waals surface area contributed by atoms with Crippen molar-refractivity contribution in [3.63, 3.8) is 0 Å². The molecule has 1 N–H and O–H groups in total. The summed E-state index contributed by atoms with van der Waals surface area (Å²) in [7, 11) is 0. The van der Waals surface area contributed by atoms with E-state index in [2.05, 4.69) is 5.32 Å². The molecule has 20 heavy (non-hydrogen) atoms. The summed E-state index contributed by atoms with van der Waals surface area (Å²) in [6.07, 6.45) is 5.39. The van der Waals surface area contributed by atoms with Gasteiger partial charge in [-0.05, 0) is 31.4 Å². The first-order valence-corrected chi connectivity index (χ1v) is 6.98. The lowest BCUT2D eigenvalue weighted by molar-refractivity contribution is -0.139. The van der Waals surface area contributed by atoms with Crippen LogP contribution in [-0.4, -0.2) is 23.4 Å². The number of amides is 2. The van der Waals surface area contributed by atoms with Crippen LogP contribution in [0.3, 0.4) is 0 Å². The SMILES string of the molecule is Cc1ccccc1NCN1C(=O)C2CC=CCC2C1=O. The molecular weight excluding hydrogens is 252 g/mol.